The van der Waals surface area contributed by atoms with Crippen LogP contribution in [0.4, 0.5) is 4.39 Å². The maximum atomic E-state index is 12.8. The van der Waals surface area contributed by atoms with Crippen LogP contribution < -0.4 is 16.0 Å². The van der Waals surface area contributed by atoms with E-state index in [9.17, 15) is 9.18 Å². The minimum atomic E-state index is -0.292. The van der Waals surface area contributed by atoms with Crippen molar-refractivity contribution in [1.82, 2.24) is 16.0 Å². The zero-order valence-electron chi connectivity index (χ0n) is 14.7. The fourth-order valence-electron chi connectivity index (χ4n) is 2.80. The largest absolute Gasteiger partial charge is 0.357 e. The van der Waals surface area contributed by atoms with Gasteiger partial charge in [-0.1, -0.05) is 25.0 Å². The average Bonchev–Trinajstić information content (AvgIpc) is 3.07. The first-order valence-corrected chi connectivity index (χ1v) is 8.73. The van der Waals surface area contributed by atoms with Gasteiger partial charge in [0.1, 0.15) is 5.82 Å². The van der Waals surface area contributed by atoms with Gasteiger partial charge in [0.15, 0.2) is 5.96 Å². The minimum absolute atomic E-state index is 0. The molecule has 2 rings (SSSR count). The van der Waals surface area contributed by atoms with Crippen molar-refractivity contribution >= 4 is 35.8 Å². The van der Waals surface area contributed by atoms with E-state index in [1.807, 2.05) is 6.92 Å². The molecule has 1 aromatic carbocycles. The lowest BCUT2D eigenvalue weighted by Gasteiger charge is -2.16. The van der Waals surface area contributed by atoms with Gasteiger partial charge >= 0.3 is 0 Å². The number of amides is 1. The van der Waals surface area contributed by atoms with E-state index in [1.54, 1.807) is 12.1 Å². The van der Waals surface area contributed by atoms with E-state index in [0.29, 0.717) is 19.1 Å². The highest BCUT2D eigenvalue weighted by Crippen LogP contribution is 2.17. The summed E-state index contributed by atoms with van der Waals surface area (Å²) in [4.78, 5) is 16.4. The molecule has 0 aliphatic heterocycles. The quantitative estimate of drug-likeness (QED) is 0.253. The van der Waals surface area contributed by atoms with E-state index in [0.717, 1.165) is 18.1 Å². The Hall–Kier alpha value is -1.38. The van der Waals surface area contributed by atoms with Gasteiger partial charge in [0.2, 0.25) is 5.91 Å². The van der Waals surface area contributed by atoms with Crippen LogP contribution in [0.2, 0.25) is 0 Å². The SMILES string of the molecule is CCNC(=NCCNC(=O)Cc1ccc(F)cc1)NC1CCCC1.I. The van der Waals surface area contributed by atoms with E-state index in [2.05, 4.69) is 20.9 Å². The zero-order chi connectivity index (χ0) is 17.2. The molecule has 0 aromatic heterocycles. The number of benzene rings is 1. The molecule has 1 fully saturated rings. The van der Waals surface area contributed by atoms with Gasteiger partial charge in [0, 0.05) is 19.1 Å². The number of nitrogens with zero attached hydrogens (tertiary/aromatic N) is 1. The highest BCUT2D eigenvalue weighted by atomic mass is 127. The summed E-state index contributed by atoms with van der Waals surface area (Å²) < 4.78 is 12.8. The molecular weight excluding hydrogens is 434 g/mol. The first kappa shape index (κ1) is 21.7. The average molecular weight is 462 g/mol. The van der Waals surface area contributed by atoms with Gasteiger partial charge in [0.25, 0.3) is 0 Å². The van der Waals surface area contributed by atoms with Crippen molar-refractivity contribution in [2.45, 2.75) is 45.1 Å². The Morgan fingerprint density at radius 2 is 1.88 bits per heavy atom. The molecule has 7 heteroatoms. The van der Waals surface area contributed by atoms with Crippen LogP contribution in [0.25, 0.3) is 0 Å². The first-order valence-electron chi connectivity index (χ1n) is 8.73. The molecule has 5 nitrogen and oxygen atoms in total. The molecule has 1 aliphatic carbocycles. The Morgan fingerprint density at radius 1 is 1.20 bits per heavy atom. The van der Waals surface area contributed by atoms with Gasteiger partial charge in [-0.25, -0.2) is 4.39 Å². The minimum Gasteiger partial charge on any atom is -0.357 e. The molecular formula is C18H28FIN4O. The van der Waals surface area contributed by atoms with Gasteiger partial charge in [0.05, 0.1) is 13.0 Å². The number of hydrogen-bond acceptors (Lipinski definition) is 2. The molecule has 140 valence electrons. The molecule has 0 heterocycles. The number of rotatable bonds is 7. The van der Waals surface area contributed by atoms with Crippen molar-refractivity contribution in [3.8, 4) is 0 Å². The first-order chi connectivity index (χ1) is 11.7. The number of carbonyl (C=O) groups is 1. The summed E-state index contributed by atoms with van der Waals surface area (Å²) in [6, 6.07) is 6.49. The molecule has 1 amide bonds. The van der Waals surface area contributed by atoms with Gasteiger partial charge in [-0.2, -0.15) is 0 Å². The highest BCUT2D eigenvalue weighted by Gasteiger charge is 2.15. The normalized spacial score (nSPS) is 14.7. The van der Waals surface area contributed by atoms with Crippen LogP contribution in [0.3, 0.4) is 0 Å². The van der Waals surface area contributed by atoms with Crippen molar-refractivity contribution in [1.29, 1.82) is 0 Å². The van der Waals surface area contributed by atoms with E-state index < -0.39 is 0 Å². The van der Waals surface area contributed by atoms with Crippen molar-refractivity contribution in [3.05, 3.63) is 35.6 Å². The van der Waals surface area contributed by atoms with Crippen molar-refractivity contribution < 1.29 is 9.18 Å². The van der Waals surface area contributed by atoms with Gasteiger partial charge in [-0.15, -0.1) is 24.0 Å². The third-order valence-electron chi connectivity index (χ3n) is 4.02. The zero-order valence-corrected chi connectivity index (χ0v) is 17.0. The summed E-state index contributed by atoms with van der Waals surface area (Å²) in [6.07, 6.45) is 5.19. The Balaban J connectivity index is 0.00000312. The van der Waals surface area contributed by atoms with Crippen LogP contribution in [0.1, 0.15) is 38.2 Å². The topological polar surface area (TPSA) is 65.5 Å². The van der Waals surface area contributed by atoms with Crippen molar-refractivity contribution in [2.24, 2.45) is 4.99 Å². The lowest BCUT2D eigenvalue weighted by molar-refractivity contribution is -0.120. The van der Waals surface area contributed by atoms with Gasteiger partial charge in [-0.05, 0) is 37.5 Å². The van der Waals surface area contributed by atoms with Crippen LogP contribution in [0.5, 0.6) is 0 Å². The molecule has 0 bridgehead atoms. The van der Waals surface area contributed by atoms with Crippen molar-refractivity contribution in [2.75, 3.05) is 19.6 Å². The Morgan fingerprint density at radius 3 is 2.52 bits per heavy atom. The van der Waals surface area contributed by atoms with Crippen molar-refractivity contribution in [3.63, 3.8) is 0 Å². The highest BCUT2D eigenvalue weighted by molar-refractivity contribution is 14.0. The Kier molecular flexibility index (Phi) is 10.4. The predicted molar refractivity (Wildman–Crippen MR) is 110 cm³/mol. The fourth-order valence-corrected chi connectivity index (χ4v) is 2.80. The van der Waals surface area contributed by atoms with Crippen LogP contribution >= 0.6 is 24.0 Å². The molecule has 0 radical (unpaired) electrons. The van der Waals surface area contributed by atoms with E-state index >= 15 is 0 Å². The molecule has 1 aliphatic rings. The molecule has 0 saturated heterocycles. The Bertz CT molecular complexity index is 545. The molecule has 0 unspecified atom stereocenters. The second-order valence-electron chi connectivity index (χ2n) is 6.04. The van der Waals surface area contributed by atoms with Crippen LogP contribution in [-0.2, 0) is 11.2 Å². The Labute approximate surface area is 166 Å². The van der Waals surface area contributed by atoms with Crippen LogP contribution in [-0.4, -0.2) is 37.5 Å². The number of aliphatic imine (C=N–C) groups is 1. The number of hydrogen-bond donors (Lipinski definition) is 3. The molecule has 1 aromatic rings. The third kappa shape index (κ3) is 8.51. The predicted octanol–water partition coefficient (Wildman–Crippen LogP) is 2.60. The lowest BCUT2D eigenvalue weighted by atomic mass is 10.1. The molecule has 3 N–H and O–H groups in total. The number of guanidine groups is 1. The lowest BCUT2D eigenvalue weighted by Crippen LogP contribution is -2.42. The summed E-state index contributed by atoms with van der Waals surface area (Å²) in [5, 5.41) is 9.52. The molecule has 0 atom stereocenters. The standard InChI is InChI=1S/C18H27FN4O.HI/c1-2-20-18(23-16-5-3-4-6-16)22-12-11-21-17(24)13-14-7-9-15(19)10-8-14;/h7-10,16H,2-6,11-13H2,1H3,(H,21,24)(H2,20,22,23);1H. The van der Waals surface area contributed by atoms with E-state index in [1.165, 1.54) is 37.8 Å². The monoisotopic (exact) mass is 462 g/mol. The number of halogens is 2. The smallest absolute Gasteiger partial charge is 0.224 e. The summed E-state index contributed by atoms with van der Waals surface area (Å²) >= 11 is 0. The van der Waals surface area contributed by atoms with E-state index in [-0.39, 0.29) is 42.1 Å². The van der Waals surface area contributed by atoms with Gasteiger partial charge in [-0.3, -0.25) is 9.79 Å². The summed E-state index contributed by atoms with van der Waals surface area (Å²) in [5.41, 5.74) is 0.800. The maximum Gasteiger partial charge on any atom is 0.224 e. The van der Waals surface area contributed by atoms with E-state index in [4.69, 9.17) is 0 Å². The summed E-state index contributed by atoms with van der Waals surface area (Å²) in [6.45, 7) is 3.87. The van der Waals surface area contributed by atoms with Crippen LogP contribution in [0.15, 0.2) is 29.3 Å². The van der Waals surface area contributed by atoms with Gasteiger partial charge < -0.3 is 16.0 Å². The molecule has 1 saturated carbocycles. The summed E-state index contributed by atoms with van der Waals surface area (Å²) in [7, 11) is 0. The molecule has 0 spiro atoms. The number of carbonyl (C=O) groups excluding carboxylic acids is 1. The number of nitrogens with one attached hydrogen (secondary N) is 3. The molecule has 25 heavy (non-hydrogen) atoms. The summed E-state index contributed by atoms with van der Waals surface area (Å²) in [5.74, 6) is 0.446. The second kappa shape index (κ2) is 12.1. The maximum absolute atomic E-state index is 12.8. The third-order valence-corrected chi connectivity index (χ3v) is 4.02. The second-order valence-corrected chi connectivity index (χ2v) is 6.04. The van der Waals surface area contributed by atoms with Crippen LogP contribution in [0, 0.1) is 5.82 Å². The fraction of sp³-hybridized carbons (Fsp3) is 0.556.